The monoisotopic (exact) mass is 311 g/mol. The zero-order valence-corrected chi connectivity index (χ0v) is 11.7. The van der Waals surface area contributed by atoms with Gasteiger partial charge in [-0.1, -0.05) is 22.9 Å². The Balaban J connectivity index is 2.14. The molecule has 0 spiro atoms. The van der Waals surface area contributed by atoms with Crippen LogP contribution in [0.4, 0.5) is 5.69 Å². The molecule has 1 aliphatic rings. The first kappa shape index (κ1) is 13.2. The van der Waals surface area contributed by atoms with Gasteiger partial charge in [-0.25, -0.2) is 0 Å². The fourth-order valence-corrected chi connectivity index (χ4v) is 2.24. The predicted octanol–water partition coefficient (Wildman–Crippen LogP) is 2.41. The van der Waals surface area contributed by atoms with E-state index in [1.54, 1.807) is 18.2 Å². The summed E-state index contributed by atoms with van der Waals surface area (Å²) in [5, 5.41) is 0. The quantitative estimate of drug-likeness (QED) is 0.619. The molecule has 0 saturated carbocycles. The number of carbonyl (C=O) groups is 2. The molecule has 96 valence electrons. The van der Waals surface area contributed by atoms with Crippen molar-refractivity contribution in [1.82, 2.24) is 0 Å². The number of nitrogens with zero attached hydrogens (tertiary/aromatic N) is 1. The lowest BCUT2D eigenvalue weighted by molar-refractivity contribution is -0.114. The molecular weight excluding hydrogens is 298 g/mol. The average Bonchev–Trinajstić information content (AvgIpc) is 2.59. The minimum absolute atomic E-state index is 0.411. The van der Waals surface area contributed by atoms with Crippen molar-refractivity contribution >= 4 is 33.3 Å². The van der Waals surface area contributed by atoms with Crippen molar-refractivity contribution in [3.63, 3.8) is 0 Å². The third-order valence-electron chi connectivity index (χ3n) is 2.74. The third kappa shape index (κ3) is 2.47. The molecule has 1 heterocycles. The number of hydrogen-bond acceptors (Lipinski definition) is 3. The van der Waals surface area contributed by atoms with Gasteiger partial charge in [-0.3, -0.25) is 9.59 Å². The van der Waals surface area contributed by atoms with E-state index >= 15 is 0 Å². The zero-order chi connectivity index (χ0) is 13.1. The summed E-state index contributed by atoms with van der Waals surface area (Å²) in [7, 11) is 0. The lowest BCUT2D eigenvalue weighted by Crippen LogP contribution is -2.32. The van der Waals surface area contributed by atoms with E-state index in [-0.39, 0.29) is 0 Å². The topological polar surface area (TPSA) is 46.6 Å². The largest absolute Gasteiger partial charge is 0.380 e. The molecule has 0 aliphatic carbocycles. The normalized spacial score (nSPS) is 14.2. The summed E-state index contributed by atoms with van der Waals surface area (Å²) in [6.45, 7) is 3.55. The number of hydrogen-bond donors (Lipinski definition) is 0. The van der Waals surface area contributed by atoms with Crippen LogP contribution in [0.1, 0.15) is 23.7 Å². The summed E-state index contributed by atoms with van der Waals surface area (Å²) in [5.74, 6) is -0.906. The molecule has 0 saturated heterocycles. The number of carbonyl (C=O) groups excluding carboxylic acids is 2. The van der Waals surface area contributed by atoms with Gasteiger partial charge >= 0.3 is 0 Å². The smallest absolute Gasteiger partial charge is 0.299 e. The van der Waals surface area contributed by atoms with E-state index in [4.69, 9.17) is 4.74 Å². The van der Waals surface area contributed by atoms with Gasteiger partial charge in [0.05, 0.1) is 17.9 Å². The van der Waals surface area contributed by atoms with Gasteiger partial charge in [-0.2, -0.15) is 0 Å². The van der Waals surface area contributed by atoms with Crippen LogP contribution in [-0.4, -0.2) is 31.4 Å². The molecule has 1 aromatic rings. The third-order valence-corrected chi connectivity index (χ3v) is 3.24. The van der Waals surface area contributed by atoms with Gasteiger partial charge in [-0.15, -0.1) is 0 Å². The molecule has 1 aliphatic heterocycles. The summed E-state index contributed by atoms with van der Waals surface area (Å²) in [6.07, 6.45) is 0.939. The second-order valence-corrected chi connectivity index (χ2v) is 4.98. The fourth-order valence-electron chi connectivity index (χ4n) is 1.89. The van der Waals surface area contributed by atoms with Crippen LogP contribution >= 0.6 is 15.9 Å². The maximum Gasteiger partial charge on any atom is 0.299 e. The summed E-state index contributed by atoms with van der Waals surface area (Å²) in [5.41, 5.74) is 1.14. The van der Waals surface area contributed by atoms with Gasteiger partial charge in [0.15, 0.2) is 0 Å². The Labute approximate surface area is 114 Å². The van der Waals surface area contributed by atoms with Crippen molar-refractivity contribution in [2.24, 2.45) is 0 Å². The Bertz CT molecular complexity index is 487. The molecule has 0 unspecified atom stereocenters. The lowest BCUT2D eigenvalue weighted by Gasteiger charge is -2.16. The fraction of sp³-hybridized carbons (Fsp3) is 0.385. The van der Waals surface area contributed by atoms with Crippen molar-refractivity contribution in [2.45, 2.75) is 13.3 Å². The SMILES string of the molecule is CCCOCCN1C(=O)C(=O)c2ccc(Br)cc21. The minimum Gasteiger partial charge on any atom is -0.380 e. The minimum atomic E-state index is -0.469. The van der Waals surface area contributed by atoms with E-state index in [9.17, 15) is 9.59 Å². The molecule has 18 heavy (non-hydrogen) atoms. The number of anilines is 1. The first-order valence-electron chi connectivity index (χ1n) is 5.88. The van der Waals surface area contributed by atoms with Crippen LogP contribution in [-0.2, 0) is 9.53 Å². The van der Waals surface area contributed by atoms with Crippen LogP contribution in [0.2, 0.25) is 0 Å². The van der Waals surface area contributed by atoms with Crippen LogP contribution < -0.4 is 4.90 Å². The lowest BCUT2D eigenvalue weighted by atomic mass is 10.1. The first-order chi connectivity index (χ1) is 8.65. The molecule has 1 amide bonds. The van der Waals surface area contributed by atoms with Crippen molar-refractivity contribution in [2.75, 3.05) is 24.7 Å². The van der Waals surface area contributed by atoms with E-state index in [0.29, 0.717) is 31.0 Å². The number of ether oxygens (including phenoxy) is 1. The molecule has 0 bridgehead atoms. The van der Waals surface area contributed by atoms with Crippen molar-refractivity contribution < 1.29 is 14.3 Å². The molecule has 0 radical (unpaired) electrons. The molecule has 1 aromatic carbocycles. The first-order valence-corrected chi connectivity index (χ1v) is 6.68. The molecule has 0 fully saturated rings. The summed E-state index contributed by atoms with van der Waals surface area (Å²) in [4.78, 5) is 25.1. The van der Waals surface area contributed by atoms with Gasteiger partial charge in [0, 0.05) is 17.6 Å². The van der Waals surface area contributed by atoms with Crippen LogP contribution in [0.3, 0.4) is 0 Å². The Morgan fingerprint density at radius 3 is 2.78 bits per heavy atom. The van der Waals surface area contributed by atoms with E-state index in [1.165, 1.54) is 4.90 Å². The molecule has 4 nitrogen and oxygen atoms in total. The Kier molecular flexibility index (Phi) is 4.14. The maximum absolute atomic E-state index is 11.8. The van der Waals surface area contributed by atoms with Gasteiger partial charge in [0.2, 0.25) is 0 Å². The number of ketones is 1. The van der Waals surface area contributed by atoms with Crippen molar-refractivity contribution in [3.8, 4) is 0 Å². The van der Waals surface area contributed by atoms with Crippen molar-refractivity contribution in [1.29, 1.82) is 0 Å². The van der Waals surface area contributed by atoms with Crippen LogP contribution in [0.15, 0.2) is 22.7 Å². The second kappa shape index (κ2) is 5.63. The maximum atomic E-state index is 11.8. The molecule has 0 N–H and O–H groups in total. The number of rotatable bonds is 5. The molecule has 0 aromatic heterocycles. The number of fused-ring (bicyclic) bond motifs is 1. The molecule has 5 heteroatoms. The number of halogens is 1. The van der Waals surface area contributed by atoms with Crippen molar-refractivity contribution in [3.05, 3.63) is 28.2 Å². The summed E-state index contributed by atoms with van der Waals surface area (Å²) < 4.78 is 6.21. The molecule has 2 rings (SSSR count). The van der Waals surface area contributed by atoms with E-state index < -0.39 is 11.7 Å². The predicted molar refractivity (Wildman–Crippen MR) is 71.9 cm³/mol. The highest BCUT2D eigenvalue weighted by Gasteiger charge is 2.35. The highest BCUT2D eigenvalue weighted by atomic mass is 79.9. The Morgan fingerprint density at radius 1 is 1.28 bits per heavy atom. The molecular formula is C13H14BrNO3. The van der Waals surface area contributed by atoms with Crippen LogP contribution in [0.25, 0.3) is 0 Å². The highest BCUT2D eigenvalue weighted by Crippen LogP contribution is 2.31. The van der Waals surface area contributed by atoms with E-state index in [2.05, 4.69) is 15.9 Å². The number of Topliss-reactive ketones (excluding diaryl/α,β-unsaturated/α-hetero) is 1. The molecule has 0 atom stereocenters. The van der Waals surface area contributed by atoms with Gasteiger partial charge in [0.25, 0.3) is 11.7 Å². The standard InChI is InChI=1S/C13H14BrNO3/c1-2-6-18-7-5-15-11-8-9(14)3-4-10(11)12(16)13(15)17/h3-4,8H,2,5-7H2,1H3. The van der Waals surface area contributed by atoms with Gasteiger partial charge < -0.3 is 9.64 Å². The van der Waals surface area contributed by atoms with Gasteiger partial charge in [-0.05, 0) is 24.6 Å². The Hall–Kier alpha value is -1.20. The number of amides is 1. The Morgan fingerprint density at radius 2 is 2.06 bits per heavy atom. The summed E-state index contributed by atoms with van der Waals surface area (Å²) in [6, 6.07) is 5.23. The van der Waals surface area contributed by atoms with Crippen LogP contribution in [0.5, 0.6) is 0 Å². The summed E-state index contributed by atoms with van der Waals surface area (Å²) >= 11 is 3.34. The zero-order valence-electron chi connectivity index (χ0n) is 10.1. The average molecular weight is 312 g/mol. The van der Waals surface area contributed by atoms with E-state index in [0.717, 1.165) is 10.9 Å². The van der Waals surface area contributed by atoms with E-state index in [1.807, 2.05) is 6.92 Å². The van der Waals surface area contributed by atoms with Gasteiger partial charge in [0.1, 0.15) is 0 Å². The number of benzene rings is 1. The second-order valence-electron chi connectivity index (χ2n) is 4.06. The van der Waals surface area contributed by atoms with Crippen LogP contribution in [0, 0.1) is 0 Å². The highest BCUT2D eigenvalue weighted by molar-refractivity contribution is 9.10.